The molecule has 1 atom stereocenters. The molecular weight excluding hydrogens is 258 g/mol. The number of aliphatic hydroxyl groups is 2. The fourth-order valence-corrected chi connectivity index (χ4v) is 2.37. The molecule has 1 aromatic heterocycles. The van der Waals surface area contributed by atoms with Gasteiger partial charge in [-0.05, 0) is 19.3 Å². The van der Waals surface area contributed by atoms with Gasteiger partial charge < -0.3 is 15.1 Å². The van der Waals surface area contributed by atoms with Crippen molar-refractivity contribution >= 4 is 5.91 Å². The van der Waals surface area contributed by atoms with Gasteiger partial charge in [0, 0.05) is 31.9 Å². The summed E-state index contributed by atoms with van der Waals surface area (Å²) in [6.07, 6.45) is 5.43. The number of hydrogen-bond acceptors (Lipinski definition) is 5. The predicted octanol–water partition coefficient (Wildman–Crippen LogP) is 0.388. The van der Waals surface area contributed by atoms with Crippen molar-refractivity contribution in [3.63, 3.8) is 0 Å². The Labute approximate surface area is 118 Å². The normalized spacial score (nSPS) is 23.4. The fraction of sp³-hybridized carbons (Fsp3) is 0.643. The minimum absolute atomic E-state index is 0.116. The molecule has 6 heteroatoms. The molecule has 0 saturated carbocycles. The molecular formula is C14H21N3O3. The number of hydrogen-bond donors (Lipinski definition) is 2. The van der Waals surface area contributed by atoms with E-state index < -0.39 is 5.60 Å². The minimum Gasteiger partial charge on any atom is -0.393 e. The maximum absolute atomic E-state index is 12.4. The first-order valence-electron chi connectivity index (χ1n) is 7.01. The van der Waals surface area contributed by atoms with Crippen molar-refractivity contribution in [3.8, 4) is 0 Å². The first-order valence-corrected chi connectivity index (χ1v) is 7.01. The second-order valence-electron chi connectivity index (χ2n) is 5.27. The Morgan fingerprint density at radius 3 is 2.65 bits per heavy atom. The van der Waals surface area contributed by atoms with Gasteiger partial charge in [-0.1, -0.05) is 6.92 Å². The summed E-state index contributed by atoms with van der Waals surface area (Å²) < 4.78 is 0. The van der Waals surface area contributed by atoms with E-state index in [9.17, 15) is 15.0 Å². The Morgan fingerprint density at radius 2 is 2.05 bits per heavy atom. The van der Waals surface area contributed by atoms with Crippen molar-refractivity contribution in [3.05, 3.63) is 23.8 Å². The van der Waals surface area contributed by atoms with Gasteiger partial charge in [-0.2, -0.15) is 0 Å². The molecule has 2 N–H and O–H groups in total. The molecule has 0 unspecified atom stereocenters. The van der Waals surface area contributed by atoms with Crippen LogP contribution < -0.4 is 0 Å². The molecule has 20 heavy (non-hydrogen) atoms. The average Bonchev–Trinajstić information content (AvgIpc) is 2.69. The van der Waals surface area contributed by atoms with Gasteiger partial charge in [0.25, 0.3) is 5.91 Å². The molecule has 0 aromatic carbocycles. The van der Waals surface area contributed by atoms with Gasteiger partial charge in [0.15, 0.2) is 0 Å². The number of carbonyl (C=O) groups is 1. The summed E-state index contributed by atoms with van der Waals surface area (Å²) >= 11 is 0. The predicted molar refractivity (Wildman–Crippen MR) is 73.2 cm³/mol. The lowest BCUT2D eigenvalue weighted by molar-refractivity contribution is -0.0250. The van der Waals surface area contributed by atoms with Crippen LogP contribution in [0, 0.1) is 0 Å². The van der Waals surface area contributed by atoms with E-state index in [1.165, 1.54) is 0 Å². The molecule has 1 fully saturated rings. The highest BCUT2D eigenvalue weighted by molar-refractivity contribution is 5.93. The number of aryl methyl sites for hydroxylation is 1. The van der Waals surface area contributed by atoms with Crippen LogP contribution in [0.25, 0.3) is 0 Å². The lowest BCUT2D eigenvalue weighted by atomic mass is 9.96. The van der Waals surface area contributed by atoms with E-state index >= 15 is 0 Å². The van der Waals surface area contributed by atoms with E-state index in [-0.39, 0.29) is 12.5 Å². The molecule has 1 aliphatic heterocycles. The second-order valence-corrected chi connectivity index (χ2v) is 5.27. The first-order chi connectivity index (χ1) is 9.58. The number of aliphatic hydroxyl groups excluding tert-OH is 1. The van der Waals surface area contributed by atoms with E-state index in [1.54, 1.807) is 17.3 Å². The molecule has 1 saturated heterocycles. The summed E-state index contributed by atoms with van der Waals surface area (Å²) in [4.78, 5) is 22.3. The van der Waals surface area contributed by atoms with Crippen LogP contribution in [0.5, 0.6) is 0 Å². The van der Waals surface area contributed by atoms with E-state index in [1.807, 2.05) is 6.92 Å². The number of rotatable bonds is 3. The molecule has 0 aliphatic carbocycles. The number of aromatic nitrogens is 2. The lowest BCUT2D eigenvalue weighted by Crippen LogP contribution is -2.36. The van der Waals surface area contributed by atoms with Crippen LogP contribution in [-0.2, 0) is 6.42 Å². The van der Waals surface area contributed by atoms with Crippen molar-refractivity contribution in [1.29, 1.82) is 0 Å². The first kappa shape index (κ1) is 14.9. The third kappa shape index (κ3) is 3.32. The van der Waals surface area contributed by atoms with Gasteiger partial charge in [0.1, 0.15) is 5.82 Å². The highest BCUT2D eigenvalue weighted by Gasteiger charge is 2.31. The molecule has 1 aromatic rings. The zero-order valence-electron chi connectivity index (χ0n) is 11.7. The summed E-state index contributed by atoms with van der Waals surface area (Å²) in [5.41, 5.74) is -0.589. The van der Waals surface area contributed by atoms with Crippen molar-refractivity contribution in [1.82, 2.24) is 14.9 Å². The summed E-state index contributed by atoms with van der Waals surface area (Å²) in [5, 5.41) is 19.3. The van der Waals surface area contributed by atoms with E-state index in [2.05, 4.69) is 9.97 Å². The van der Waals surface area contributed by atoms with Gasteiger partial charge in [-0.3, -0.25) is 4.79 Å². The van der Waals surface area contributed by atoms with Crippen LogP contribution in [0.2, 0.25) is 0 Å². The van der Waals surface area contributed by atoms with Crippen LogP contribution >= 0.6 is 0 Å². The van der Waals surface area contributed by atoms with Gasteiger partial charge in [-0.25, -0.2) is 9.97 Å². The molecule has 110 valence electrons. The highest BCUT2D eigenvalue weighted by atomic mass is 16.3. The van der Waals surface area contributed by atoms with Crippen molar-refractivity contribution in [2.45, 2.75) is 38.2 Å². The standard InChI is InChI=1S/C14H21N3O3/c1-2-12-15-8-11(9-16-12)13(19)17-6-3-4-14(20,10-18)5-7-17/h8-9,18,20H,2-7,10H2,1H3/t14-/m1/s1. The van der Waals surface area contributed by atoms with Crippen LogP contribution in [-0.4, -0.2) is 56.3 Å². The zero-order chi connectivity index (χ0) is 14.6. The molecule has 6 nitrogen and oxygen atoms in total. The van der Waals surface area contributed by atoms with Crippen LogP contribution in [0.15, 0.2) is 12.4 Å². The molecule has 2 rings (SSSR count). The monoisotopic (exact) mass is 279 g/mol. The number of carbonyl (C=O) groups excluding carboxylic acids is 1. The smallest absolute Gasteiger partial charge is 0.256 e. The Balaban J connectivity index is 2.05. The van der Waals surface area contributed by atoms with Crippen LogP contribution in [0.1, 0.15) is 42.4 Å². The van der Waals surface area contributed by atoms with Gasteiger partial charge in [-0.15, -0.1) is 0 Å². The Hall–Kier alpha value is -1.53. The molecule has 0 spiro atoms. The molecule has 1 amide bonds. The maximum Gasteiger partial charge on any atom is 0.256 e. The zero-order valence-corrected chi connectivity index (χ0v) is 11.7. The van der Waals surface area contributed by atoms with Crippen molar-refractivity contribution in [2.75, 3.05) is 19.7 Å². The van der Waals surface area contributed by atoms with E-state index in [0.29, 0.717) is 43.7 Å². The van der Waals surface area contributed by atoms with Crippen LogP contribution in [0.3, 0.4) is 0 Å². The molecule has 0 radical (unpaired) electrons. The summed E-state index contributed by atoms with van der Waals surface area (Å²) in [6.45, 7) is 2.72. The van der Waals surface area contributed by atoms with Gasteiger partial charge >= 0.3 is 0 Å². The average molecular weight is 279 g/mol. The Kier molecular flexibility index (Phi) is 4.67. The lowest BCUT2D eigenvalue weighted by Gasteiger charge is -2.24. The molecule has 2 heterocycles. The van der Waals surface area contributed by atoms with Crippen LogP contribution in [0.4, 0.5) is 0 Å². The topological polar surface area (TPSA) is 86.6 Å². The largest absolute Gasteiger partial charge is 0.393 e. The summed E-state index contributed by atoms with van der Waals surface area (Å²) in [5.74, 6) is 0.599. The third-order valence-corrected chi connectivity index (χ3v) is 3.77. The SMILES string of the molecule is CCc1ncc(C(=O)N2CCC[C@](O)(CO)CC2)cn1. The third-order valence-electron chi connectivity index (χ3n) is 3.77. The van der Waals surface area contributed by atoms with E-state index in [0.717, 1.165) is 6.42 Å². The van der Waals surface area contributed by atoms with E-state index in [4.69, 9.17) is 0 Å². The summed E-state index contributed by atoms with van der Waals surface area (Å²) in [6, 6.07) is 0. The van der Waals surface area contributed by atoms with Crippen molar-refractivity contribution in [2.24, 2.45) is 0 Å². The molecule has 0 bridgehead atoms. The minimum atomic E-state index is -1.06. The van der Waals surface area contributed by atoms with Gasteiger partial charge in [0.05, 0.1) is 17.8 Å². The molecule has 1 aliphatic rings. The summed E-state index contributed by atoms with van der Waals surface area (Å²) in [7, 11) is 0. The Morgan fingerprint density at radius 1 is 1.35 bits per heavy atom. The fourth-order valence-electron chi connectivity index (χ4n) is 2.37. The van der Waals surface area contributed by atoms with Crippen molar-refractivity contribution < 1.29 is 15.0 Å². The number of nitrogens with zero attached hydrogens (tertiary/aromatic N) is 3. The maximum atomic E-state index is 12.4. The number of likely N-dealkylation sites (tertiary alicyclic amines) is 1. The second kappa shape index (κ2) is 6.28. The quantitative estimate of drug-likeness (QED) is 0.836. The Bertz CT molecular complexity index is 463. The number of amides is 1. The highest BCUT2D eigenvalue weighted by Crippen LogP contribution is 2.22. The van der Waals surface area contributed by atoms with Gasteiger partial charge in [0.2, 0.25) is 0 Å².